The molecule has 0 aliphatic carbocycles. The number of hydrogen-bond acceptors (Lipinski definition) is 9. The third-order valence-corrected chi connectivity index (χ3v) is 4.22. The van der Waals surface area contributed by atoms with Gasteiger partial charge in [-0.1, -0.05) is 6.07 Å². The number of nitrogens with zero attached hydrogens (tertiary/aromatic N) is 4. The highest BCUT2D eigenvalue weighted by atomic mass is 16.5. The SMILES string of the molecule is CNCCOc1nc(/C=N/Nc2cc(C)ccc2N)cc(N2CCOCC2)n1. The predicted molar refractivity (Wildman–Crippen MR) is 111 cm³/mol. The molecule has 3 rings (SSSR count). The molecule has 0 atom stereocenters. The number of hydrogen-bond donors (Lipinski definition) is 3. The van der Waals surface area contributed by atoms with Crippen molar-refractivity contribution < 1.29 is 9.47 Å². The first kappa shape index (κ1) is 19.8. The van der Waals surface area contributed by atoms with Gasteiger partial charge in [-0.2, -0.15) is 15.1 Å². The second-order valence-electron chi connectivity index (χ2n) is 6.45. The molecular formula is C19H27N7O2. The summed E-state index contributed by atoms with van der Waals surface area (Å²) in [5, 5.41) is 7.32. The van der Waals surface area contributed by atoms with E-state index in [9.17, 15) is 0 Å². The average Bonchev–Trinajstić information content (AvgIpc) is 2.71. The quantitative estimate of drug-likeness (QED) is 0.270. The molecule has 1 saturated heterocycles. The van der Waals surface area contributed by atoms with Crippen molar-refractivity contribution in [1.29, 1.82) is 0 Å². The van der Waals surface area contributed by atoms with Crippen molar-refractivity contribution in [3.8, 4) is 6.01 Å². The van der Waals surface area contributed by atoms with Crippen LogP contribution in [0.25, 0.3) is 0 Å². The van der Waals surface area contributed by atoms with Crippen LogP contribution in [0.1, 0.15) is 11.3 Å². The summed E-state index contributed by atoms with van der Waals surface area (Å²) in [5.41, 5.74) is 12.1. The average molecular weight is 385 g/mol. The number of anilines is 3. The molecule has 4 N–H and O–H groups in total. The summed E-state index contributed by atoms with van der Waals surface area (Å²) in [6.07, 6.45) is 1.64. The van der Waals surface area contributed by atoms with Crippen LogP contribution in [0.2, 0.25) is 0 Å². The molecule has 0 spiro atoms. The fourth-order valence-electron chi connectivity index (χ4n) is 2.69. The molecule has 2 aromatic rings. The molecule has 1 aromatic heterocycles. The van der Waals surface area contributed by atoms with Gasteiger partial charge < -0.3 is 25.4 Å². The first-order valence-electron chi connectivity index (χ1n) is 9.30. The van der Waals surface area contributed by atoms with E-state index < -0.39 is 0 Å². The molecular weight excluding hydrogens is 358 g/mol. The monoisotopic (exact) mass is 385 g/mol. The van der Waals surface area contributed by atoms with Gasteiger partial charge in [0.05, 0.1) is 36.5 Å². The maximum Gasteiger partial charge on any atom is 0.319 e. The normalized spacial score (nSPS) is 14.4. The lowest BCUT2D eigenvalue weighted by Crippen LogP contribution is -2.37. The third-order valence-electron chi connectivity index (χ3n) is 4.22. The van der Waals surface area contributed by atoms with Crippen molar-refractivity contribution >= 4 is 23.4 Å². The summed E-state index contributed by atoms with van der Waals surface area (Å²) in [5.74, 6) is 0.800. The molecule has 0 saturated carbocycles. The number of benzene rings is 1. The minimum Gasteiger partial charge on any atom is -0.462 e. The van der Waals surface area contributed by atoms with Crippen LogP contribution in [0.5, 0.6) is 6.01 Å². The molecule has 0 unspecified atom stereocenters. The summed E-state index contributed by atoms with van der Waals surface area (Å²) in [7, 11) is 1.87. The summed E-state index contributed by atoms with van der Waals surface area (Å²) in [4.78, 5) is 11.1. The fraction of sp³-hybridized carbons (Fsp3) is 0.421. The van der Waals surface area contributed by atoms with E-state index in [-0.39, 0.29) is 0 Å². The molecule has 9 nitrogen and oxygen atoms in total. The van der Waals surface area contributed by atoms with Gasteiger partial charge in [0, 0.05) is 25.7 Å². The molecule has 150 valence electrons. The van der Waals surface area contributed by atoms with Gasteiger partial charge in [0.1, 0.15) is 12.4 Å². The first-order chi connectivity index (χ1) is 13.7. The highest BCUT2D eigenvalue weighted by Gasteiger charge is 2.15. The summed E-state index contributed by atoms with van der Waals surface area (Å²) < 4.78 is 11.1. The van der Waals surface area contributed by atoms with Crippen molar-refractivity contribution in [2.75, 3.05) is 62.6 Å². The van der Waals surface area contributed by atoms with Gasteiger partial charge in [0.15, 0.2) is 0 Å². The molecule has 0 bridgehead atoms. The number of nitrogen functional groups attached to an aromatic ring is 1. The third kappa shape index (κ3) is 5.54. The van der Waals surface area contributed by atoms with Gasteiger partial charge in [-0.05, 0) is 31.7 Å². The van der Waals surface area contributed by atoms with Crippen LogP contribution in [0.4, 0.5) is 17.2 Å². The zero-order chi connectivity index (χ0) is 19.8. The Morgan fingerprint density at radius 2 is 2.11 bits per heavy atom. The van der Waals surface area contributed by atoms with E-state index in [0.717, 1.165) is 30.2 Å². The Bertz CT molecular complexity index is 807. The lowest BCUT2D eigenvalue weighted by atomic mass is 10.2. The van der Waals surface area contributed by atoms with Crippen molar-refractivity contribution in [3.05, 3.63) is 35.5 Å². The van der Waals surface area contributed by atoms with Crippen LogP contribution in [0.3, 0.4) is 0 Å². The van der Waals surface area contributed by atoms with Crippen LogP contribution >= 0.6 is 0 Å². The smallest absolute Gasteiger partial charge is 0.319 e. The Morgan fingerprint density at radius 3 is 2.89 bits per heavy atom. The van der Waals surface area contributed by atoms with E-state index in [1.54, 1.807) is 6.21 Å². The van der Waals surface area contributed by atoms with Crippen LogP contribution in [0, 0.1) is 6.92 Å². The number of ether oxygens (including phenoxy) is 2. The van der Waals surface area contributed by atoms with Crippen LogP contribution in [-0.2, 0) is 4.74 Å². The predicted octanol–water partition coefficient (Wildman–Crippen LogP) is 1.25. The highest BCUT2D eigenvalue weighted by Crippen LogP contribution is 2.20. The Morgan fingerprint density at radius 1 is 1.29 bits per heavy atom. The van der Waals surface area contributed by atoms with E-state index in [1.165, 1.54) is 0 Å². The van der Waals surface area contributed by atoms with E-state index in [0.29, 0.717) is 43.8 Å². The standard InChI is InChI=1S/C19H27N7O2/c1-14-3-4-16(20)17(11-14)25-22-13-15-12-18(26-6-9-27-10-7-26)24-19(23-15)28-8-5-21-2/h3-4,11-13,21,25H,5-10,20H2,1-2H3/b22-13+. The fourth-order valence-corrected chi connectivity index (χ4v) is 2.69. The van der Waals surface area contributed by atoms with Crippen LogP contribution in [-0.4, -0.2) is 62.7 Å². The van der Waals surface area contributed by atoms with Crippen LogP contribution in [0.15, 0.2) is 29.4 Å². The number of hydrazone groups is 1. The second kappa shape index (κ2) is 9.86. The van der Waals surface area contributed by atoms with Gasteiger partial charge in [0.2, 0.25) is 0 Å². The largest absolute Gasteiger partial charge is 0.462 e. The Balaban J connectivity index is 1.77. The minimum absolute atomic E-state index is 0.329. The molecule has 1 aromatic carbocycles. The maximum absolute atomic E-state index is 5.98. The zero-order valence-corrected chi connectivity index (χ0v) is 16.3. The molecule has 1 fully saturated rings. The lowest BCUT2D eigenvalue weighted by molar-refractivity contribution is 0.122. The number of morpholine rings is 1. The second-order valence-corrected chi connectivity index (χ2v) is 6.45. The van der Waals surface area contributed by atoms with Gasteiger partial charge in [-0.3, -0.25) is 5.43 Å². The maximum atomic E-state index is 5.98. The number of nitrogens with two attached hydrogens (primary N) is 1. The number of nitrogens with one attached hydrogen (secondary N) is 2. The van der Waals surface area contributed by atoms with Crippen molar-refractivity contribution in [2.45, 2.75) is 6.92 Å². The van der Waals surface area contributed by atoms with Crippen molar-refractivity contribution in [1.82, 2.24) is 15.3 Å². The number of aromatic nitrogens is 2. The molecule has 1 aliphatic rings. The number of likely N-dealkylation sites (N-methyl/N-ethyl adjacent to an activating group) is 1. The summed E-state index contributed by atoms with van der Waals surface area (Å²) in [6.45, 7) is 6.11. The number of aryl methyl sites for hydroxylation is 1. The van der Waals surface area contributed by atoms with Crippen LogP contribution < -0.4 is 26.1 Å². The van der Waals surface area contributed by atoms with E-state index in [4.69, 9.17) is 15.2 Å². The van der Waals surface area contributed by atoms with Crippen molar-refractivity contribution in [2.24, 2.45) is 5.10 Å². The van der Waals surface area contributed by atoms with Gasteiger partial charge in [-0.15, -0.1) is 0 Å². The molecule has 1 aliphatic heterocycles. The summed E-state index contributed by atoms with van der Waals surface area (Å²) in [6, 6.07) is 7.97. The Hall–Kier alpha value is -2.91. The zero-order valence-electron chi connectivity index (χ0n) is 16.3. The molecule has 9 heteroatoms. The molecule has 2 heterocycles. The van der Waals surface area contributed by atoms with Gasteiger partial charge >= 0.3 is 6.01 Å². The van der Waals surface area contributed by atoms with E-state index >= 15 is 0 Å². The number of rotatable bonds is 8. The van der Waals surface area contributed by atoms with E-state index in [1.807, 2.05) is 38.2 Å². The molecule has 0 radical (unpaired) electrons. The van der Waals surface area contributed by atoms with Gasteiger partial charge in [0.25, 0.3) is 0 Å². The lowest BCUT2D eigenvalue weighted by Gasteiger charge is -2.28. The first-order valence-corrected chi connectivity index (χ1v) is 9.30. The van der Waals surface area contributed by atoms with Gasteiger partial charge in [-0.25, -0.2) is 0 Å². The highest BCUT2D eigenvalue weighted by molar-refractivity contribution is 5.80. The summed E-state index contributed by atoms with van der Waals surface area (Å²) >= 11 is 0. The molecule has 0 amide bonds. The topological polar surface area (TPSA) is 110 Å². The van der Waals surface area contributed by atoms with E-state index in [2.05, 4.69) is 30.7 Å². The Labute approximate surface area is 164 Å². The minimum atomic E-state index is 0.329. The Kier molecular flexibility index (Phi) is 6.99. The molecule has 28 heavy (non-hydrogen) atoms. The van der Waals surface area contributed by atoms with Crippen molar-refractivity contribution in [3.63, 3.8) is 0 Å².